The van der Waals surface area contributed by atoms with Gasteiger partial charge in [0.2, 0.25) is 0 Å². The molecule has 2 aromatic carbocycles. The van der Waals surface area contributed by atoms with Gasteiger partial charge >= 0.3 is 0 Å². The first-order valence-corrected chi connectivity index (χ1v) is 7.16. The highest BCUT2D eigenvalue weighted by Gasteiger charge is 2.10. The molecule has 0 aromatic heterocycles. The molecule has 0 spiro atoms. The maximum absolute atomic E-state index is 13.6. The van der Waals surface area contributed by atoms with Crippen LogP contribution in [0.25, 0.3) is 0 Å². The number of hydrogen-bond acceptors (Lipinski definition) is 2. The third-order valence-corrected chi connectivity index (χ3v) is 3.79. The highest BCUT2D eigenvalue weighted by molar-refractivity contribution is 5.32. The van der Waals surface area contributed by atoms with E-state index in [9.17, 15) is 4.39 Å². The third-order valence-electron chi connectivity index (χ3n) is 3.79. The van der Waals surface area contributed by atoms with Crippen LogP contribution in [0.15, 0.2) is 36.4 Å². The van der Waals surface area contributed by atoms with Gasteiger partial charge in [0, 0.05) is 6.04 Å². The van der Waals surface area contributed by atoms with Gasteiger partial charge in [0.15, 0.2) is 0 Å². The summed E-state index contributed by atoms with van der Waals surface area (Å²) in [4.78, 5) is 0. The lowest BCUT2D eigenvalue weighted by Crippen LogP contribution is -2.12. The van der Waals surface area contributed by atoms with Crippen LogP contribution >= 0.6 is 0 Å². The Morgan fingerprint density at radius 2 is 1.67 bits per heavy atom. The zero-order valence-corrected chi connectivity index (χ0v) is 12.8. The standard InChI is InChI=1S/C18H22FNO/c1-12-10-15(11-13(2)18(12)19)17(20)9-6-14-4-7-16(21-3)8-5-14/h4-5,7-8,10-11,17H,6,9,20H2,1-3H3. The van der Waals surface area contributed by atoms with E-state index in [-0.39, 0.29) is 11.9 Å². The van der Waals surface area contributed by atoms with E-state index in [0.717, 1.165) is 24.2 Å². The number of ether oxygens (including phenoxy) is 1. The second-order valence-electron chi connectivity index (χ2n) is 5.46. The lowest BCUT2D eigenvalue weighted by atomic mass is 9.96. The van der Waals surface area contributed by atoms with Crippen molar-refractivity contribution in [2.24, 2.45) is 5.73 Å². The zero-order chi connectivity index (χ0) is 15.4. The summed E-state index contributed by atoms with van der Waals surface area (Å²) < 4.78 is 18.8. The molecular weight excluding hydrogens is 265 g/mol. The summed E-state index contributed by atoms with van der Waals surface area (Å²) in [5.41, 5.74) is 9.78. The molecule has 0 saturated heterocycles. The molecule has 21 heavy (non-hydrogen) atoms. The molecule has 0 fully saturated rings. The van der Waals surface area contributed by atoms with E-state index in [0.29, 0.717) is 11.1 Å². The predicted molar refractivity (Wildman–Crippen MR) is 84.1 cm³/mol. The first kappa shape index (κ1) is 15.5. The lowest BCUT2D eigenvalue weighted by Gasteiger charge is -2.14. The molecule has 112 valence electrons. The fraction of sp³-hybridized carbons (Fsp3) is 0.333. The van der Waals surface area contributed by atoms with Crippen LogP contribution in [0.4, 0.5) is 4.39 Å². The van der Waals surface area contributed by atoms with Crippen molar-refractivity contribution < 1.29 is 9.13 Å². The Hall–Kier alpha value is -1.87. The molecule has 0 aliphatic heterocycles. The van der Waals surface area contributed by atoms with E-state index >= 15 is 0 Å². The van der Waals surface area contributed by atoms with Gasteiger partial charge in [0.05, 0.1) is 7.11 Å². The van der Waals surface area contributed by atoms with Gasteiger partial charge in [-0.1, -0.05) is 24.3 Å². The Balaban J connectivity index is 2.02. The number of nitrogens with two attached hydrogens (primary N) is 1. The SMILES string of the molecule is COc1ccc(CCC(N)c2cc(C)c(F)c(C)c2)cc1. The van der Waals surface area contributed by atoms with E-state index in [2.05, 4.69) is 0 Å². The second-order valence-corrected chi connectivity index (χ2v) is 5.46. The summed E-state index contributed by atoms with van der Waals surface area (Å²) in [5, 5.41) is 0. The molecule has 0 radical (unpaired) electrons. The van der Waals surface area contributed by atoms with Gasteiger partial charge in [-0.15, -0.1) is 0 Å². The molecule has 0 saturated carbocycles. The minimum absolute atomic E-state index is 0.0786. The Bertz CT molecular complexity index is 584. The molecular formula is C18H22FNO. The number of halogens is 1. The van der Waals surface area contributed by atoms with Crippen molar-refractivity contribution >= 4 is 0 Å². The van der Waals surface area contributed by atoms with Crippen molar-refractivity contribution in [2.75, 3.05) is 7.11 Å². The first-order chi connectivity index (χ1) is 10.0. The fourth-order valence-electron chi connectivity index (χ4n) is 2.47. The summed E-state index contributed by atoms with van der Waals surface area (Å²) >= 11 is 0. The molecule has 0 bridgehead atoms. The van der Waals surface area contributed by atoms with E-state index in [1.165, 1.54) is 5.56 Å². The fourth-order valence-corrected chi connectivity index (χ4v) is 2.47. The van der Waals surface area contributed by atoms with Crippen LogP contribution in [0.5, 0.6) is 5.75 Å². The lowest BCUT2D eigenvalue weighted by molar-refractivity contribution is 0.414. The Kier molecular flexibility index (Phi) is 4.97. The third kappa shape index (κ3) is 3.82. The highest BCUT2D eigenvalue weighted by atomic mass is 19.1. The van der Waals surface area contributed by atoms with Gasteiger partial charge in [-0.05, 0) is 61.1 Å². The Morgan fingerprint density at radius 3 is 2.19 bits per heavy atom. The summed E-state index contributed by atoms with van der Waals surface area (Å²) in [6, 6.07) is 11.6. The number of rotatable bonds is 5. The largest absolute Gasteiger partial charge is 0.497 e. The number of benzene rings is 2. The number of hydrogen-bond donors (Lipinski definition) is 1. The second kappa shape index (κ2) is 6.72. The number of aryl methyl sites for hydroxylation is 3. The van der Waals surface area contributed by atoms with E-state index in [4.69, 9.17) is 10.5 Å². The van der Waals surface area contributed by atoms with Crippen LogP contribution in [-0.2, 0) is 6.42 Å². The van der Waals surface area contributed by atoms with Crippen LogP contribution in [-0.4, -0.2) is 7.11 Å². The van der Waals surface area contributed by atoms with E-state index in [1.807, 2.05) is 36.4 Å². The van der Waals surface area contributed by atoms with Crippen LogP contribution < -0.4 is 10.5 Å². The van der Waals surface area contributed by atoms with Crippen molar-refractivity contribution in [1.82, 2.24) is 0 Å². The monoisotopic (exact) mass is 287 g/mol. The smallest absolute Gasteiger partial charge is 0.129 e. The van der Waals surface area contributed by atoms with Crippen LogP contribution in [0.2, 0.25) is 0 Å². The van der Waals surface area contributed by atoms with E-state index in [1.54, 1.807) is 21.0 Å². The number of methoxy groups -OCH3 is 1. The summed E-state index contributed by atoms with van der Waals surface area (Å²) in [5.74, 6) is 0.717. The van der Waals surface area contributed by atoms with Crippen molar-refractivity contribution in [3.63, 3.8) is 0 Å². The minimum atomic E-state index is -0.138. The van der Waals surface area contributed by atoms with Gasteiger partial charge in [-0.2, -0.15) is 0 Å². The molecule has 0 aliphatic rings. The van der Waals surface area contributed by atoms with Crippen molar-refractivity contribution in [3.05, 3.63) is 64.5 Å². The molecule has 0 amide bonds. The summed E-state index contributed by atoms with van der Waals surface area (Å²) in [6.45, 7) is 3.56. The topological polar surface area (TPSA) is 35.2 Å². The van der Waals surface area contributed by atoms with Gasteiger partial charge in [0.1, 0.15) is 11.6 Å². The quantitative estimate of drug-likeness (QED) is 0.899. The zero-order valence-electron chi connectivity index (χ0n) is 12.8. The molecule has 2 N–H and O–H groups in total. The highest BCUT2D eigenvalue weighted by Crippen LogP contribution is 2.22. The van der Waals surface area contributed by atoms with Gasteiger partial charge in [-0.25, -0.2) is 4.39 Å². The van der Waals surface area contributed by atoms with Crippen molar-refractivity contribution in [2.45, 2.75) is 32.7 Å². The maximum atomic E-state index is 13.6. The van der Waals surface area contributed by atoms with Crippen LogP contribution in [0.1, 0.15) is 34.7 Å². The summed E-state index contributed by atoms with van der Waals surface area (Å²) in [7, 11) is 1.66. The van der Waals surface area contributed by atoms with Crippen molar-refractivity contribution in [1.29, 1.82) is 0 Å². The molecule has 3 heteroatoms. The van der Waals surface area contributed by atoms with E-state index < -0.39 is 0 Å². The predicted octanol–water partition coefficient (Wildman–Crippen LogP) is 4.08. The molecule has 0 heterocycles. The van der Waals surface area contributed by atoms with Gasteiger partial charge < -0.3 is 10.5 Å². The molecule has 2 aromatic rings. The summed E-state index contributed by atoms with van der Waals surface area (Å²) in [6.07, 6.45) is 1.72. The van der Waals surface area contributed by atoms with Crippen LogP contribution in [0.3, 0.4) is 0 Å². The molecule has 2 nitrogen and oxygen atoms in total. The average Bonchev–Trinajstić information content (AvgIpc) is 2.50. The Labute approximate surface area is 125 Å². The molecule has 2 rings (SSSR count). The normalized spacial score (nSPS) is 12.2. The molecule has 1 unspecified atom stereocenters. The van der Waals surface area contributed by atoms with Gasteiger partial charge in [-0.3, -0.25) is 0 Å². The van der Waals surface area contributed by atoms with Crippen molar-refractivity contribution in [3.8, 4) is 5.75 Å². The van der Waals surface area contributed by atoms with Gasteiger partial charge in [0.25, 0.3) is 0 Å². The minimum Gasteiger partial charge on any atom is -0.497 e. The Morgan fingerprint density at radius 1 is 1.10 bits per heavy atom. The molecule has 0 aliphatic carbocycles. The van der Waals surface area contributed by atoms with Crippen LogP contribution in [0, 0.1) is 19.7 Å². The maximum Gasteiger partial charge on any atom is 0.129 e. The molecule has 1 atom stereocenters. The first-order valence-electron chi connectivity index (χ1n) is 7.16. The average molecular weight is 287 g/mol.